The molecule has 1 aliphatic rings. The molecule has 136 valence electrons. The molecule has 0 saturated carbocycles. The van der Waals surface area contributed by atoms with Gasteiger partial charge < -0.3 is 4.57 Å². The number of nitrogens with zero attached hydrogens (tertiary/aromatic N) is 6. The van der Waals surface area contributed by atoms with Gasteiger partial charge in [0.05, 0.1) is 10.8 Å². The maximum Gasteiger partial charge on any atom is 0.307 e. The molecule has 0 aliphatic heterocycles. The van der Waals surface area contributed by atoms with Gasteiger partial charge in [-0.05, 0) is 30.7 Å². The molecule has 3 heterocycles. The van der Waals surface area contributed by atoms with Crippen molar-refractivity contribution in [1.29, 1.82) is 0 Å². The molecule has 0 bridgehead atoms. The molecule has 1 aliphatic carbocycles. The number of nitro groups is 1. The van der Waals surface area contributed by atoms with Crippen LogP contribution in [-0.4, -0.2) is 29.5 Å². The van der Waals surface area contributed by atoms with Crippen molar-refractivity contribution in [1.82, 2.24) is 24.5 Å². The number of fused-ring (bicyclic) bond motifs is 1. The maximum absolute atomic E-state index is 10.7. The molecule has 0 unspecified atom stereocenters. The molecule has 3 aromatic heterocycles. The number of thioether (sulfide) groups is 1. The Labute approximate surface area is 158 Å². The van der Waals surface area contributed by atoms with Gasteiger partial charge in [0.25, 0.3) is 0 Å². The lowest BCUT2D eigenvalue weighted by Crippen LogP contribution is -2.09. The van der Waals surface area contributed by atoms with Crippen molar-refractivity contribution in [2.45, 2.75) is 37.2 Å². The zero-order valence-corrected chi connectivity index (χ0v) is 16.1. The van der Waals surface area contributed by atoms with E-state index in [-0.39, 0.29) is 5.69 Å². The van der Waals surface area contributed by atoms with E-state index in [1.54, 1.807) is 0 Å². The van der Waals surface area contributed by atoms with Gasteiger partial charge in [-0.3, -0.25) is 14.8 Å². The third-order valence-electron chi connectivity index (χ3n) is 4.63. The van der Waals surface area contributed by atoms with E-state index in [0.29, 0.717) is 5.88 Å². The number of thiophene rings is 1. The molecule has 0 radical (unpaired) electrons. The molecule has 0 fully saturated rings. The van der Waals surface area contributed by atoms with Gasteiger partial charge in [-0.1, -0.05) is 18.7 Å². The minimum absolute atomic E-state index is 0.0108. The smallest absolute Gasteiger partial charge is 0.305 e. The molecule has 10 heteroatoms. The second kappa shape index (κ2) is 6.84. The van der Waals surface area contributed by atoms with Crippen LogP contribution in [0.1, 0.15) is 23.8 Å². The summed E-state index contributed by atoms with van der Waals surface area (Å²) in [7, 11) is 1.96. The van der Waals surface area contributed by atoms with Crippen LogP contribution in [0.3, 0.4) is 0 Å². The minimum atomic E-state index is -0.449. The minimum Gasteiger partial charge on any atom is -0.305 e. The van der Waals surface area contributed by atoms with Gasteiger partial charge in [-0.2, -0.15) is 5.10 Å². The van der Waals surface area contributed by atoms with Crippen LogP contribution < -0.4 is 0 Å². The standard InChI is InChI=1S/C16H18N6O2S2/c1-10-3-4-12-13(8-25-14(12)5-10)15-18-19-16(20(15)2)26-9-21-7-11(6-17-21)22(23)24/h6-8,10H,3-5,9H2,1-2H3/t10-/m0/s1. The van der Waals surface area contributed by atoms with Crippen molar-refractivity contribution < 1.29 is 4.92 Å². The topological polar surface area (TPSA) is 91.7 Å². The fourth-order valence-electron chi connectivity index (χ4n) is 3.18. The lowest BCUT2D eigenvalue weighted by Gasteiger charge is -2.18. The van der Waals surface area contributed by atoms with Gasteiger partial charge in [0.2, 0.25) is 0 Å². The molecule has 0 aromatic carbocycles. The van der Waals surface area contributed by atoms with Crippen LogP contribution in [0.2, 0.25) is 0 Å². The van der Waals surface area contributed by atoms with Gasteiger partial charge in [0.1, 0.15) is 12.4 Å². The number of hydrogen-bond donors (Lipinski definition) is 0. The predicted molar refractivity (Wildman–Crippen MR) is 100 cm³/mol. The summed E-state index contributed by atoms with van der Waals surface area (Å²) in [6, 6.07) is 0. The molecule has 0 spiro atoms. The maximum atomic E-state index is 10.7. The summed E-state index contributed by atoms with van der Waals surface area (Å²) in [4.78, 5) is 11.8. The third-order valence-corrected chi connectivity index (χ3v) is 6.69. The van der Waals surface area contributed by atoms with Gasteiger partial charge in [0, 0.05) is 22.9 Å². The number of rotatable bonds is 5. The van der Waals surface area contributed by atoms with Gasteiger partial charge in [-0.25, -0.2) is 0 Å². The van der Waals surface area contributed by atoms with E-state index in [0.717, 1.165) is 29.7 Å². The van der Waals surface area contributed by atoms with Crippen LogP contribution in [-0.2, 0) is 25.8 Å². The monoisotopic (exact) mass is 390 g/mol. The van der Waals surface area contributed by atoms with Gasteiger partial charge in [0.15, 0.2) is 11.0 Å². The van der Waals surface area contributed by atoms with Crippen LogP contribution >= 0.6 is 23.1 Å². The van der Waals surface area contributed by atoms with E-state index >= 15 is 0 Å². The van der Waals surface area contributed by atoms with Crippen molar-refractivity contribution in [2.75, 3.05) is 0 Å². The quantitative estimate of drug-likeness (QED) is 0.376. The normalized spacial score (nSPS) is 16.6. The first kappa shape index (κ1) is 17.2. The van der Waals surface area contributed by atoms with Gasteiger partial charge >= 0.3 is 5.69 Å². The molecule has 3 aromatic rings. The SMILES string of the molecule is C[C@H]1CCc2c(-c3nnc(SCn4cc([N+](=O)[O-])cn4)n3C)csc2C1. The van der Waals surface area contributed by atoms with Crippen LogP contribution in [0.5, 0.6) is 0 Å². The van der Waals surface area contributed by atoms with Crippen molar-refractivity contribution in [3.63, 3.8) is 0 Å². The van der Waals surface area contributed by atoms with Crippen molar-refractivity contribution in [3.05, 3.63) is 38.3 Å². The second-order valence-electron chi connectivity index (χ2n) is 6.53. The van der Waals surface area contributed by atoms with E-state index in [1.165, 1.54) is 51.3 Å². The fourth-order valence-corrected chi connectivity index (χ4v) is 5.19. The highest BCUT2D eigenvalue weighted by atomic mass is 32.2. The highest BCUT2D eigenvalue weighted by Gasteiger charge is 2.23. The van der Waals surface area contributed by atoms with Crippen molar-refractivity contribution in [2.24, 2.45) is 13.0 Å². The predicted octanol–water partition coefficient (Wildman–Crippen LogP) is 3.52. The Morgan fingerprint density at radius 3 is 3.08 bits per heavy atom. The molecular weight excluding hydrogens is 372 g/mol. The highest BCUT2D eigenvalue weighted by Crippen LogP contribution is 2.38. The Hall–Kier alpha value is -2.20. The summed E-state index contributed by atoms with van der Waals surface area (Å²) in [6.45, 7) is 2.30. The van der Waals surface area contributed by atoms with E-state index in [9.17, 15) is 10.1 Å². The molecule has 0 saturated heterocycles. The summed E-state index contributed by atoms with van der Waals surface area (Å²) in [5.74, 6) is 2.07. The van der Waals surface area contributed by atoms with E-state index in [1.807, 2.05) is 23.0 Å². The van der Waals surface area contributed by atoms with Gasteiger partial charge in [-0.15, -0.1) is 21.5 Å². The Morgan fingerprint density at radius 1 is 1.46 bits per heavy atom. The van der Waals surface area contributed by atoms with E-state index in [4.69, 9.17) is 0 Å². The Balaban J connectivity index is 1.52. The summed E-state index contributed by atoms with van der Waals surface area (Å²) < 4.78 is 3.52. The molecule has 26 heavy (non-hydrogen) atoms. The average molecular weight is 390 g/mol. The Morgan fingerprint density at radius 2 is 2.31 bits per heavy atom. The van der Waals surface area contributed by atoms with E-state index < -0.39 is 4.92 Å². The first-order chi connectivity index (χ1) is 12.5. The molecule has 0 amide bonds. The summed E-state index contributed by atoms with van der Waals surface area (Å²) in [6.07, 6.45) is 6.13. The average Bonchev–Trinajstić information content (AvgIpc) is 3.31. The Bertz CT molecular complexity index is 960. The molecule has 1 atom stereocenters. The largest absolute Gasteiger partial charge is 0.307 e. The van der Waals surface area contributed by atoms with Crippen molar-refractivity contribution >= 4 is 28.8 Å². The summed E-state index contributed by atoms with van der Waals surface area (Å²) in [5.41, 5.74) is 2.60. The Kier molecular flexibility index (Phi) is 4.53. The van der Waals surface area contributed by atoms with Crippen LogP contribution in [0.4, 0.5) is 5.69 Å². The van der Waals surface area contributed by atoms with Crippen molar-refractivity contribution in [3.8, 4) is 11.4 Å². The molecular formula is C16H18N6O2S2. The number of aromatic nitrogens is 5. The van der Waals surface area contributed by atoms with Crippen LogP contribution in [0, 0.1) is 16.0 Å². The molecule has 8 nitrogen and oxygen atoms in total. The fraction of sp³-hybridized carbons (Fsp3) is 0.438. The zero-order valence-electron chi connectivity index (χ0n) is 14.5. The number of hydrogen-bond acceptors (Lipinski definition) is 7. The summed E-state index contributed by atoms with van der Waals surface area (Å²) >= 11 is 3.27. The first-order valence-corrected chi connectivity index (χ1v) is 10.2. The van der Waals surface area contributed by atoms with E-state index in [2.05, 4.69) is 27.6 Å². The van der Waals surface area contributed by atoms with Crippen LogP contribution in [0.25, 0.3) is 11.4 Å². The summed E-state index contributed by atoms with van der Waals surface area (Å²) in [5, 5.41) is 26.4. The first-order valence-electron chi connectivity index (χ1n) is 8.31. The highest BCUT2D eigenvalue weighted by molar-refractivity contribution is 7.98. The molecule has 4 rings (SSSR count). The second-order valence-corrected chi connectivity index (χ2v) is 8.41. The lowest BCUT2D eigenvalue weighted by atomic mass is 9.88. The zero-order chi connectivity index (χ0) is 18.3. The third kappa shape index (κ3) is 3.14. The lowest BCUT2D eigenvalue weighted by molar-refractivity contribution is -0.385. The molecule has 0 N–H and O–H groups in total. The van der Waals surface area contributed by atoms with Crippen LogP contribution in [0.15, 0.2) is 22.9 Å².